The Labute approximate surface area is 110 Å². The Morgan fingerprint density at radius 2 is 2.22 bits per heavy atom. The number of amides is 1. The highest BCUT2D eigenvalue weighted by atomic mass is 32.1. The van der Waals surface area contributed by atoms with E-state index in [0.717, 1.165) is 16.3 Å². The Morgan fingerprint density at radius 1 is 1.44 bits per heavy atom. The molecule has 1 amide bonds. The van der Waals surface area contributed by atoms with Crippen molar-refractivity contribution in [2.45, 2.75) is 20.4 Å². The molecule has 2 aromatic rings. The first-order valence-electron chi connectivity index (χ1n) is 5.61. The number of nitrogens with zero attached hydrogens (tertiary/aromatic N) is 1. The molecule has 0 aliphatic heterocycles. The van der Waals surface area contributed by atoms with Crippen molar-refractivity contribution >= 4 is 22.9 Å². The number of carbonyl (C=O) groups is 1. The van der Waals surface area contributed by atoms with Gasteiger partial charge in [-0.3, -0.25) is 4.79 Å². The normalized spacial score (nSPS) is 10.3. The number of anilines is 1. The van der Waals surface area contributed by atoms with Crippen molar-refractivity contribution in [3.05, 3.63) is 45.4 Å². The minimum Gasteiger partial charge on any atom is -0.399 e. The zero-order valence-corrected chi connectivity index (χ0v) is 11.2. The van der Waals surface area contributed by atoms with Crippen LogP contribution in [0, 0.1) is 13.8 Å². The van der Waals surface area contributed by atoms with Gasteiger partial charge in [-0.25, -0.2) is 4.98 Å². The van der Waals surface area contributed by atoms with Crippen LogP contribution < -0.4 is 11.1 Å². The van der Waals surface area contributed by atoms with Crippen LogP contribution >= 0.6 is 11.3 Å². The first-order valence-corrected chi connectivity index (χ1v) is 6.49. The number of aromatic nitrogens is 1. The SMILES string of the molecule is Cc1nc(CNC(=O)c2ccc(N)cc2C)cs1. The fourth-order valence-corrected chi connectivity index (χ4v) is 2.31. The largest absolute Gasteiger partial charge is 0.399 e. The van der Waals surface area contributed by atoms with Crippen molar-refractivity contribution < 1.29 is 4.79 Å². The first kappa shape index (κ1) is 12.6. The Bertz CT molecular complexity index is 577. The number of hydrogen-bond donors (Lipinski definition) is 2. The summed E-state index contributed by atoms with van der Waals surface area (Å²) >= 11 is 1.58. The highest BCUT2D eigenvalue weighted by molar-refractivity contribution is 7.09. The number of benzene rings is 1. The summed E-state index contributed by atoms with van der Waals surface area (Å²) < 4.78 is 0. The lowest BCUT2D eigenvalue weighted by Gasteiger charge is -2.07. The molecule has 1 heterocycles. The van der Waals surface area contributed by atoms with Gasteiger partial charge in [0, 0.05) is 16.6 Å². The maximum atomic E-state index is 12.0. The van der Waals surface area contributed by atoms with E-state index in [1.54, 1.807) is 29.5 Å². The predicted octanol–water partition coefficient (Wildman–Crippen LogP) is 2.27. The second kappa shape index (κ2) is 5.18. The van der Waals surface area contributed by atoms with E-state index in [1.165, 1.54) is 0 Å². The van der Waals surface area contributed by atoms with Crippen LogP contribution in [-0.4, -0.2) is 10.9 Å². The molecule has 18 heavy (non-hydrogen) atoms. The smallest absolute Gasteiger partial charge is 0.251 e. The Hall–Kier alpha value is -1.88. The van der Waals surface area contributed by atoms with Crippen molar-refractivity contribution in [1.82, 2.24) is 10.3 Å². The molecule has 0 saturated heterocycles. The van der Waals surface area contributed by atoms with Crippen LogP contribution in [-0.2, 0) is 6.54 Å². The average Bonchev–Trinajstić information content (AvgIpc) is 2.72. The van der Waals surface area contributed by atoms with E-state index in [2.05, 4.69) is 10.3 Å². The van der Waals surface area contributed by atoms with E-state index in [-0.39, 0.29) is 5.91 Å². The van der Waals surface area contributed by atoms with E-state index < -0.39 is 0 Å². The van der Waals surface area contributed by atoms with Gasteiger partial charge in [-0.2, -0.15) is 0 Å². The summed E-state index contributed by atoms with van der Waals surface area (Å²) in [5, 5.41) is 5.81. The van der Waals surface area contributed by atoms with Gasteiger partial charge in [-0.05, 0) is 37.6 Å². The van der Waals surface area contributed by atoms with E-state index in [9.17, 15) is 4.79 Å². The molecule has 0 saturated carbocycles. The fourth-order valence-electron chi connectivity index (χ4n) is 1.70. The lowest BCUT2D eigenvalue weighted by atomic mass is 10.1. The molecule has 1 aromatic heterocycles. The second-order valence-corrected chi connectivity index (χ2v) is 5.18. The molecule has 0 bridgehead atoms. The molecular weight excluding hydrogens is 246 g/mol. The molecule has 0 unspecified atom stereocenters. The predicted molar refractivity (Wildman–Crippen MR) is 73.6 cm³/mol. The van der Waals surface area contributed by atoms with Crippen molar-refractivity contribution in [3.8, 4) is 0 Å². The maximum absolute atomic E-state index is 12.0. The quantitative estimate of drug-likeness (QED) is 0.833. The van der Waals surface area contributed by atoms with Crippen LogP contribution in [0.3, 0.4) is 0 Å². The summed E-state index contributed by atoms with van der Waals surface area (Å²) in [6.45, 7) is 4.27. The van der Waals surface area contributed by atoms with Gasteiger partial charge in [0.2, 0.25) is 0 Å². The molecule has 0 aliphatic carbocycles. The maximum Gasteiger partial charge on any atom is 0.251 e. The van der Waals surface area contributed by atoms with Gasteiger partial charge in [-0.1, -0.05) is 0 Å². The molecule has 0 atom stereocenters. The van der Waals surface area contributed by atoms with Crippen molar-refractivity contribution in [2.75, 3.05) is 5.73 Å². The second-order valence-electron chi connectivity index (χ2n) is 4.11. The molecule has 3 N–H and O–H groups in total. The van der Waals surface area contributed by atoms with Crippen molar-refractivity contribution in [3.63, 3.8) is 0 Å². The Kier molecular flexibility index (Phi) is 3.62. The third-order valence-corrected chi connectivity index (χ3v) is 3.41. The van der Waals surface area contributed by atoms with Crippen LogP contribution in [0.15, 0.2) is 23.6 Å². The van der Waals surface area contributed by atoms with Gasteiger partial charge in [0.05, 0.1) is 17.2 Å². The third-order valence-electron chi connectivity index (χ3n) is 2.59. The molecule has 94 valence electrons. The summed E-state index contributed by atoms with van der Waals surface area (Å²) in [5.41, 5.74) is 8.73. The monoisotopic (exact) mass is 261 g/mol. The van der Waals surface area contributed by atoms with Crippen LogP contribution in [0.2, 0.25) is 0 Å². The average molecular weight is 261 g/mol. The highest BCUT2D eigenvalue weighted by Crippen LogP contribution is 2.13. The van der Waals surface area contributed by atoms with Gasteiger partial charge in [-0.15, -0.1) is 11.3 Å². The Morgan fingerprint density at radius 3 is 2.83 bits per heavy atom. The van der Waals surface area contributed by atoms with E-state index in [0.29, 0.717) is 17.8 Å². The summed E-state index contributed by atoms with van der Waals surface area (Å²) in [6.07, 6.45) is 0. The topological polar surface area (TPSA) is 68.0 Å². The molecule has 0 spiro atoms. The van der Waals surface area contributed by atoms with Crippen LogP contribution in [0.25, 0.3) is 0 Å². The number of rotatable bonds is 3. The summed E-state index contributed by atoms with van der Waals surface area (Å²) in [6, 6.07) is 5.27. The fraction of sp³-hybridized carbons (Fsp3) is 0.231. The van der Waals surface area contributed by atoms with Gasteiger partial charge in [0.25, 0.3) is 5.91 Å². The van der Waals surface area contributed by atoms with E-state index >= 15 is 0 Å². The molecule has 0 fully saturated rings. The standard InChI is InChI=1S/C13H15N3OS/c1-8-5-10(14)3-4-12(8)13(17)15-6-11-7-18-9(2)16-11/h3-5,7H,6,14H2,1-2H3,(H,15,17). The molecule has 0 radical (unpaired) electrons. The molecular formula is C13H15N3OS. The lowest BCUT2D eigenvalue weighted by Crippen LogP contribution is -2.23. The van der Waals surface area contributed by atoms with Crippen LogP contribution in [0.1, 0.15) is 26.6 Å². The lowest BCUT2D eigenvalue weighted by molar-refractivity contribution is 0.0950. The summed E-state index contributed by atoms with van der Waals surface area (Å²) in [5.74, 6) is -0.0989. The zero-order chi connectivity index (χ0) is 13.1. The first-order chi connectivity index (χ1) is 8.56. The zero-order valence-electron chi connectivity index (χ0n) is 10.4. The number of nitrogens with two attached hydrogens (primary N) is 1. The molecule has 2 rings (SSSR count). The Balaban J connectivity index is 2.03. The summed E-state index contributed by atoms with van der Waals surface area (Å²) in [7, 11) is 0. The van der Waals surface area contributed by atoms with Gasteiger partial charge < -0.3 is 11.1 Å². The molecule has 1 aromatic carbocycles. The minimum atomic E-state index is -0.0989. The molecule has 0 aliphatic rings. The number of nitrogens with one attached hydrogen (secondary N) is 1. The van der Waals surface area contributed by atoms with Gasteiger partial charge in [0.15, 0.2) is 0 Å². The highest BCUT2D eigenvalue weighted by Gasteiger charge is 2.09. The van der Waals surface area contributed by atoms with E-state index in [4.69, 9.17) is 5.73 Å². The number of nitrogen functional groups attached to an aromatic ring is 1. The van der Waals surface area contributed by atoms with E-state index in [1.807, 2.05) is 19.2 Å². The van der Waals surface area contributed by atoms with Crippen LogP contribution in [0.4, 0.5) is 5.69 Å². The number of hydrogen-bond acceptors (Lipinski definition) is 4. The van der Waals surface area contributed by atoms with Gasteiger partial charge >= 0.3 is 0 Å². The van der Waals surface area contributed by atoms with Crippen molar-refractivity contribution in [2.24, 2.45) is 0 Å². The number of thiazole rings is 1. The third kappa shape index (κ3) is 2.87. The number of aryl methyl sites for hydroxylation is 2. The van der Waals surface area contributed by atoms with Crippen molar-refractivity contribution in [1.29, 1.82) is 0 Å². The number of carbonyl (C=O) groups excluding carboxylic acids is 1. The molecule has 5 heteroatoms. The molecule has 4 nitrogen and oxygen atoms in total. The van der Waals surface area contributed by atoms with Gasteiger partial charge in [0.1, 0.15) is 0 Å². The van der Waals surface area contributed by atoms with Crippen LogP contribution in [0.5, 0.6) is 0 Å². The summed E-state index contributed by atoms with van der Waals surface area (Å²) in [4.78, 5) is 16.3. The minimum absolute atomic E-state index is 0.0989.